The molecule has 5 heteroatoms. The van der Waals surface area contributed by atoms with E-state index < -0.39 is 11.9 Å². The molecule has 64 valence electrons. The molecule has 0 bridgehead atoms. The molecule has 0 atom stereocenters. The maximum Gasteiger partial charge on any atom is 0.339 e. The molecule has 12 heavy (non-hydrogen) atoms. The third kappa shape index (κ3) is 1.90. The number of hydrogen-bond acceptors (Lipinski definition) is 3. The van der Waals surface area contributed by atoms with E-state index in [1.807, 2.05) is 0 Å². The van der Waals surface area contributed by atoms with Crippen molar-refractivity contribution in [2.75, 3.05) is 7.11 Å². The number of carbonyl (C=O) groups excluding carboxylic acids is 1. The van der Waals surface area contributed by atoms with E-state index in [0.29, 0.717) is 3.57 Å². The normalized spacial score (nSPS) is 9.58. The summed E-state index contributed by atoms with van der Waals surface area (Å²) < 4.78 is 17.3. The number of carbonyl (C=O) groups is 1. The predicted octanol–water partition coefficient (Wildman–Crippen LogP) is 1.61. The van der Waals surface area contributed by atoms with Crippen molar-refractivity contribution in [1.29, 1.82) is 0 Å². The zero-order chi connectivity index (χ0) is 9.14. The average molecular weight is 281 g/mol. The molecular formula is C7H5FINO2. The summed E-state index contributed by atoms with van der Waals surface area (Å²) in [7, 11) is 1.26. The van der Waals surface area contributed by atoms with Gasteiger partial charge in [-0.15, -0.1) is 0 Å². The van der Waals surface area contributed by atoms with Gasteiger partial charge in [0.1, 0.15) is 0 Å². The summed E-state index contributed by atoms with van der Waals surface area (Å²) >= 11 is 1.75. The smallest absolute Gasteiger partial charge is 0.339 e. The molecule has 1 heterocycles. The summed E-state index contributed by atoms with van der Waals surface area (Å²) in [6.07, 6.45) is 1.14. The van der Waals surface area contributed by atoms with Gasteiger partial charge in [-0.25, -0.2) is 9.78 Å². The van der Waals surface area contributed by atoms with Crippen LogP contribution < -0.4 is 0 Å². The van der Waals surface area contributed by atoms with E-state index in [1.54, 1.807) is 22.6 Å². The summed E-state index contributed by atoms with van der Waals surface area (Å²) in [6, 6.07) is 1.38. The van der Waals surface area contributed by atoms with E-state index in [2.05, 4.69) is 9.72 Å². The van der Waals surface area contributed by atoms with Crippen LogP contribution in [0.2, 0.25) is 0 Å². The molecule has 0 unspecified atom stereocenters. The Morgan fingerprint density at radius 3 is 2.92 bits per heavy atom. The molecule has 0 radical (unpaired) electrons. The Hall–Kier alpha value is -0.720. The molecule has 0 aliphatic rings. The van der Waals surface area contributed by atoms with Crippen molar-refractivity contribution in [3.63, 3.8) is 0 Å². The van der Waals surface area contributed by atoms with Crippen LogP contribution in [0.4, 0.5) is 4.39 Å². The first-order valence-corrected chi connectivity index (χ1v) is 4.12. The van der Waals surface area contributed by atoms with Gasteiger partial charge in [0.15, 0.2) is 0 Å². The Morgan fingerprint density at radius 2 is 2.42 bits per heavy atom. The minimum Gasteiger partial charge on any atom is -0.465 e. The number of esters is 1. The van der Waals surface area contributed by atoms with Crippen LogP contribution in [0.25, 0.3) is 0 Å². The van der Waals surface area contributed by atoms with Crippen LogP contribution >= 0.6 is 22.6 Å². The van der Waals surface area contributed by atoms with Gasteiger partial charge in [0.2, 0.25) is 5.95 Å². The molecule has 1 aromatic rings. The predicted molar refractivity (Wildman–Crippen MR) is 48.3 cm³/mol. The highest BCUT2D eigenvalue weighted by Gasteiger charge is 2.08. The van der Waals surface area contributed by atoms with E-state index in [-0.39, 0.29) is 5.56 Å². The number of aromatic nitrogens is 1. The second-order valence-corrected chi connectivity index (χ2v) is 3.15. The molecule has 0 fully saturated rings. The van der Waals surface area contributed by atoms with Crippen molar-refractivity contribution in [3.8, 4) is 0 Å². The summed E-state index contributed by atoms with van der Waals surface area (Å²) in [5.74, 6) is -1.09. The largest absolute Gasteiger partial charge is 0.465 e. The zero-order valence-electron chi connectivity index (χ0n) is 6.17. The SMILES string of the molecule is COC(=O)c1cnc(F)c(I)c1. The van der Waals surface area contributed by atoms with E-state index in [9.17, 15) is 9.18 Å². The lowest BCUT2D eigenvalue weighted by atomic mass is 10.3. The van der Waals surface area contributed by atoms with Crippen molar-refractivity contribution >= 4 is 28.6 Å². The Bertz CT molecular complexity index is 316. The van der Waals surface area contributed by atoms with Gasteiger partial charge >= 0.3 is 5.97 Å². The van der Waals surface area contributed by atoms with Crippen LogP contribution in [0.15, 0.2) is 12.3 Å². The monoisotopic (exact) mass is 281 g/mol. The lowest BCUT2D eigenvalue weighted by molar-refractivity contribution is 0.0600. The molecule has 0 N–H and O–H groups in total. The lowest BCUT2D eigenvalue weighted by Crippen LogP contribution is -2.03. The third-order valence-corrected chi connectivity index (χ3v) is 1.97. The minimum absolute atomic E-state index is 0.253. The lowest BCUT2D eigenvalue weighted by Gasteiger charge is -1.98. The van der Waals surface area contributed by atoms with Crippen molar-refractivity contribution in [2.45, 2.75) is 0 Å². The van der Waals surface area contributed by atoms with Crippen molar-refractivity contribution in [3.05, 3.63) is 27.3 Å². The number of halogens is 2. The zero-order valence-corrected chi connectivity index (χ0v) is 8.33. The number of nitrogens with zero attached hydrogens (tertiary/aromatic N) is 1. The first-order valence-electron chi connectivity index (χ1n) is 3.04. The van der Waals surface area contributed by atoms with Gasteiger partial charge in [-0.05, 0) is 28.7 Å². The van der Waals surface area contributed by atoms with E-state index in [4.69, 9.17) is 0 Å². The van der Waals surface area contributed by atoms with Gasteiger partial charge in [-0.3, -0.25) is 0 Å². The van der Waals surface area contributed by atoms with Crippen molar-refractivity contribution in [1.82, 2.24) is 4.98 Å². The Morgan fingerprint density at radius 1 is 1.75 bits per heavy atom. The van der Waals surface area contributed by atoms with Crippen LogP contribution in [-0.2, 0) is 4.74 Å². The number of ether oxygens (including phenoxy) is 1. The second-order valence-electron chi connectivity index (χ2n) is 1.99. The van der Waals surface area contributed by atoms with E-state index in [1.165, 1.54) is 13.2 Å². The molecule has 0 aliphatic carbocycles. The van der Waals surface area contributed by atoms with Gasteiger partial charge in [0.05, 0.1) is 16.2 Å². The van der Waals surface area contributed by atoms with Crippen molar-refractivity contribution in [2.24, 2.45) is 0 Å². The summed E-state index contributed by atoms with van der Waals surface area (Å²) in [4.78, 5) is 14.3. The highest BCUT2D eigenvalue weighted by Crippen LogP contribution is 2.10. The summed E-state index contributed by atoms with van der Waals surface area (Å²) in [5.41, 5.74) is 0.253. The number of rotatable bonds is 1. The molecule has 0 aliphatic heterocycles. The van der Waals surface area contributed by atoms with Gasteiger partial charge < -0.3 is 4.74 Å². The first-order chi connectivity index (χ1) is 5.65. The van der Waals surface area contributed by atoms with Crippen LogP contribution in [0.1, 0.15) is 10.4 Å². The van der Waals surface area contributed by atoms with E-state index >= 15 is 0 Å². The standard InChI is InChI=1S/C7H5FINO2/c1-12-7(11)4-2-5(9)6(8)10-3-4/h2-3H,1H3. The van der Waals surface area contributed by atoms with Crippen LogP contribution in [0.3, 0.4) is 0 Å². The highest BCUT2D eigenvalue weighted by atomic mass is 127. The minimum atomic E-state index is -0.580. The fourth-order valence-electron chi connectivity index (χ4n) is 0.651. The molecule has 3 nitrogen and oxygen atoms in total. The summed E-state index contributed by atoms with van der Waals surface area (Å²) in [5, 5.41) is 0. The quantitative estimate of drug-likeness (QED) is 0.446. The van der Waals surface area contributed by atoms with Gasteiger partial charge in [0.25, 0.3) is 0 Å². The molecule has 0 saturated carbocycles. The van der Waals surface area contributed by atoms with Gasteiger partial charge in [-0.1, -0.05) is 0 Å². The topological polar surface area (TPSA) is 39.2 Å². The Kier molecular flexibility index (Phi) is 2.96. The maximum absolute atomic E-state index is 12.6. The maximum atomic E-state index is 12.6. The second kappa shape index (κ2) is 3.79. The average Bonchev–Trinajstić information content (AvgIpc) is 2.08. The third-order valence-electron chi connectivity index (χ3n) is 1.22. The molecule has 0 amide bonds. The Balaban J connectivity index is 3.05. The molecule has 1 rings (SSSR count). The molecule has 0 saturated heterocycles. The fraction of sp³-hybridized carbons (Fsp3) is 0.143. The first kappa shape index (κ1) is 9.37. The Labute approximate surface area is 82.1 Å². The fourth-order valence-corrected chi connectivity index (χ4v) is 1.13. The van der Waals surface area contributed by atoms with Gasteiger partial charge in [-0.2, -0.15) is 4.39 Å². The molecule has 0 spiro atoms. The van der Waals surface area contributed by atoms with Crippen LogP contribution in [0.5, 0.6) is 0 Å². The molecular weight excluding hydrogens is 276 g/mol. The van der Waals surface area contributed by atoms with Crippen molar-refractivity contribution < 1.29 is 13.9 Å². The highest BCUT2D eigenvalue weighted by molar-refractivity contribution is 14.1. The summed E-state index contributed by atoms with van der Waals surface area (Å²) in [6.45, 7) is 0. The van der Waals surface area contributed by atoms with E-state index in [0.717, 1.165) is 6.20 Å². The number of hydrogen-bond donors (Lipinski definition) is 0. The number of pyridine rings is 1. The van der Waals surface area contributed by atoms with Crippen LogP contribution in [-0.4, -0.2) is 18.1 Å². The molecule has 1 aromatic heterocycles. The van der Waals surface area contributed by atoms with Crippen LogP contribution in [0, 0.1) is 9.52 Å². The number of methoxy groups -OCH3 is 1. The molecule has 0 aromatic carbocycles. The van der Waals surface area contributed by atoms with Gasteiger partial charge in [0, 0.05) is 6.20 Å².